The predicted octanol–water partition coefficient (Wildman–Crippen LogP) is 2.84. The van der Waals surface area contributed by atoms with Crippen LogP contribution in [0, 0.1) is 12.7 Å². The van der Waals surface area contributed by atoms with Gasteiger partial charge in [-0.3, -0.25) is 9.89 Å². The van der Waals surface area contributed by atoms with Gasteiger partial charge in [0.1, 0.15) is 5.82 Å². The van der Waals surface area contributed by atoms with Gasteiger partial charge in [-0.2, -0.15) is 5.10 Å². The number of amides is 1. The second kappa shape index (κ2) is 4.90. The lowest BCUT2D eigenvalue weighted by Gasteiger charge is -2.05. The maximum Gasteiger partial charge on any atom is 0.276 e. The Morgan fingerprint density at radius 3 is 2.86 bits per heavy atom. The smallest absolute Gasteiger partial charge is 0.276 e. The molecular weight excluding hydrogens is 271 g/mol. The molecule has 0 aliphatic rings. The third-order valence-electron chi connectivity index (χ3n) is 3.17. The van der Waals surface area contributed by atoms with E-state index < -0.39 is 11.7 Å². The van der Waals surface area contributed by atoms with Crippen LogP contribution in [0.15, 0.2) is 36.4 Å². The van der Waals surface area contributed by atoms with Crippen molar-refractivity contribution in [3.8, 4) is 0 Å². The number of aryl methyl sites for hydroxylation is 1. The Morgan fingerprint density at radius 1 is 1.29 bits per heavy atom. The summed E-state index contributed by atoms with van der Waals surface area (Å²) in [5.41, 5.74) is 8.01. The highest BCUT2D eigenvalue weighted by Gasteiger charge is 2.16. The Morgan fingerprint density at radius 2 is 2.10 bits per heavy atom. The average molecular weight is 284 g/mol. The number of H-pyrrole nitrogens is 1. The molecule has 0 aliphatic carbocycles. The van der Waals surface area contributed by atoms with Gasteiger partial charge in [-0.1, -0.05) is 6.07 Å². The van der Waals surface area contributed by atoms with Gasteiger partial charge >= 0.3 is 0 Å². The fourth-order valence-corrected chi connectivity index (χ4v) is 2.11. The molecule has 6 heteroatoms. The number of nitrogens with two attached hydrogens (primary N) is 1. The van der Waals surface area contributed by atoms with Crippen LogP contribution in [0.1, 0.15) is 16.1 Å². The number of fused-ring (bicyclic) bond motifs is 1. The highest BCUT2D eigenvalue weighted by Crippen LogP contribution is 2.21. The number of nitrogen functional groups attached to an aromatic ring is 1. The van der Waals surface area contributed by atoms with Crippen molar-refractivity contribution < 1.29 is 9.18 Å². The van der Waals surface area contributed by atoms with Crippen LogP contribution in [0.25, 0.3) is 10.9 Å². The van der Waals surface area contributed by atoms with E-state index in [9.17, 15) is 9.18 Å². The van der Waals surface area contributed by atoms with Crippen molar-refractivity contribution >= 4 is 28.2 Å². The molecule has 0 unspecified atom stereocenters. The number of rotatable bonds is 2. The maximum absolute atomic E-state index is 13.8. The van der Waals surface area contributed by atoms with Crippen molar-refractivity contribution in [3.05, 3.63) is 53.5 Å². The van der Waals surface area contributed by atoms with E-state index in [4.69, 9.17) is 5.73 Å². The number of hydrogen-bond donors (Lipinski definition) is 3. The Bertz CT molecular complexity index is 841. The van der Waals surface area contributed by atoms with Gasteiger partial charge in [0.15, 0.2) is 5.69 Å². The fraction of sp³-hybridized carbons (Fsp3) is 0.0667. The molecule has 0 bridgehead atoms. The molecule has 0 saturated heterocycles. The molecule has 5 nitrogen and oxygen atoms in total. The van der Waals surface area contributed by atoms with Gasteiger partial charge in [0, 0.05) is 11.1 Å². The summed E-state index contributed by atoms with van der Waals surface area (Å²) in [7, 11) is 0. The van der Waals surface area contributed by atoms with Crippen molar-refractivity contribution in [2.75, 3.05) is 11.1 Å². The first-order valence-corrected chi connectivity index (χ1v) is 6.36. The van der Waals surface area contributed by atoms with Gasteiger partial charge in [0.2, 0.25) is 0 Å². The first kappa shape index (κ1) is 13.1. The zero-order valence-corrected chi connectivity index (χ0v) is 11.3. The molecule has 1 heterocycles. The van der Waals surface area contributed by atoms with Crippen LogP contribution in [0.3, 0.4) is 0 Å². The minimum atomic E-state index is -0.491. The molecule has 1 amide bonds. The standard InChI is InChI=1S/C15H13FN4O/c1-8-2-4-13(11(16)6-8)18-15(21)14-10-7-9(17)3-5-12(10)19-20-14/h2-7H,17H2,1H3,(H,18,21)(H,19,20). The molecule has 0 saturated carbocycles. The number of anilines is 2. The van der Waals surface area contributed by atoms with Crippen molar-refractivity contribution in [3.63, 3.8) is 0 Å². The lowest BCUT2D eigenvalue weighted by molar-refractivity contribution is 0.102. The number of halogens is 1. The van der Waals surface area contributed by atoms with E-state index in [2.05, 4.69) is 15.5 Å². The van der Waals surface area contributed by atoms with Crippen LogP contribution in [-0.2, 0) is 0 Å². The number of benzene rings is 2. The van der Waals surface area contributed by atoms with Crippen LogP contribution in [-0.4, -0.2) is 16.1 Å². The van der Waals surface area contributed by atoms with Crippen LogP contribution in [0.5, 0.6) is 0 Å². The molecule has 3 rings (SSSR count). The maximum atomic E-state index is 13.8. The Balaban J connectivity index is 1.95. The van der Waals surface area contributed by atoms with E-state index in [1.54, 1.807) is 31.2 Å². The molecule has 0 aliphatic heterocycles. The summed E-state index contributed by atoms with van der Waals surface area (Å²) >= 11 is 0. The van der Waals surface area contributed by atoms with Crippen LogP contribution < -0.4 is 11.1 Å². The number of carbonyl (C=O) groups excluding carboxylic acids is 1. The molecule has 106 valence electrons. The highest BCUT2D eigenvalue weighted by molar-refractivity contribution is 6.11. The van der Waals surface area contributed by atoms with Crippen molar-refractivity contribution in [1.82, 2.24) is 10.2 Å². The van der Waals surface area contributed by atoms with Gasteiger partial charge in [-0.05, 0) is 42.8 Å². The lowest BCUT2D eigenvalue weighted by atomic mass is 10.1. The van der Waals surface area contributed by atoms with Gasteiger partial charge < -0.3 is 11.1 Å². The van der Waals surface area contributed by atoms with E-state index in [0.29, 0.717) is 16.6 Å². The molecule has 0 spiro atoms. The van der Waals surface area contributed by atoms with E-state index in [-0.39, 0.29) is 11.4 Å². The normalized spacial score (nSPS) is 10.8. The first-order valence-electron chi connectivity index (χ1n) is 6.36. The Labute approximate surface area is 120 Å². The summed E-state index contributed by atoms with van der Waals surface area (Å²) in [6.07, 6.45) is 0. The average Bonchev–Trinajstić information content (AvgIpc) is 2.85. The zero-order valence-electron chi connectivity index (χ0n) is 11.3. The minimum Gasteiger partial charge on any atom is -0.399 e. The zero-order chi connectivity index (χ0) is 15.0. The molecule has 21 heavy (non-hydrogen) atoms. The molecule has 0 fully saturated rings. The Hall–Kier alpha value is -2.89. The third kappa shape index (κ3) is 2.43. The van der Waals surface area contributed by atoms with Gasteiger partial charge in [0.05, 0.1) is 11.2 Å². The molecule has 4 N–H and O–H groups in total. The molecule has 1 aromatic heterocycles. The number of nitrogens with zero attached hydrogens (tertiary/aromatic N) is 1. The number of nitrogens with one attached hydrogen (secondary N) is 2. The second-order valence-electron chi connectivity index (χ2n) is 4.81. The summed E-state index contributed by atoms with van der Waals surface area (Å²) in [5.74, 6) is -0.975. The van der Waals surface area contributed by atoms with E-state index >= 15 is 0 Å². The van der Waals surface area contributed by atoms with Gasteiger partial charge in [0.25, 0.3) is 5.91 Å². The van der Waals surface area contributed by atoms with Crippen molar-refractivity contribution in [2.45, 2.75) is 6.92 Å². The quantitative estimate of drug-likeness (QED) is 0.633. The molecule has 3 aromatic rings. The van der Waals surface area contributed by atoms with Crippen LogP contribution >= 0.6 is 0 Å². The summed E-state index contributed by atoms with van der Waals surface area (Å²) in [6, 6.07) is 9.70. The molecular formula is C15H13FN4O. The van der Waals surface area contributed by atoms with Gasteiger partial charge in [-0.25, -0.2) is 4.39 Å². The summed E-state index contributed by atoms with van der Waals surface area (Å²) in [4.78, 5) is 12.2. The fourth-order valence-electron chi connectivity index (χ4n) is 2.11. The molecule has 0 atom stereocenters. The monoisotopic (exact) mass is 284 g/mol. The lowest BCUT2D eigenvalue weighted by Crippen LogP contribution is -2.14. The number of aromatic nitrogens is 2. The van der Waals surface area contributed by atoms with Crippen LogP contribution in [0.4, 0.5) is 15.8 Å². The SMILES string of the molecule is Cc1ccc(NC(=O)c2n[nH]c3ccc(N)cc23)c(F)c1. The van der Waals surface area contributed by atoms with Crippen molar-refractivity contribution in [1.29, 1.82) is 0 Å². The van der Waals surface area contributed by atoms with Crippen molar-refractivity contribution in [2.24, 2.45) is 0 Å². The third-order valence-corrected chi connectivity index (χ3v) is 3.17. The van der Waals surface area contributed by atoms with E-state index in [0.717, 1.165) is 5.56 Å². The predicted molar refractivity (Wildman–Crippen MR) is 79.6 cm³/mol. The van der Waals surface area contributed by atoms with Crippen LogP contribution in [0.2, 0.25) is 0 Å². The topological polar surface area (TPSA) is 83.8 Å². The Kier molecular flexibility index (Phi) is 3.06. The van der Waals surface area contributed by atoms with E-state index in [1.165, 1.54) is 12.1 Å². The number of aromatic amines is 1. The summed E-state index contributed by atoms with van der Waals surface area (Å²) in [6.45, 7) is 1.78. The largest absolute Gasteiger partial charge is 0.399 e. The minimum absolute atomic E-state index is 0.116. The summed E-state index contributed by atoms with van der Waals surface area (Å²) < 4.78 is 13.8. The van der Waals surface area contributed by atoms with Gasteiger partial charge in [-0.15, -0.1) is 0 Å². The number of carbonyl (C=O) groups is 1. The number of hydrogen-bond acceptors (Lipinski definition) is 3. The molecule has 2 aromatic carbocycles. The van der Waals surface area contributed by atoms with E-state index in [1.807, 2.05) is 0 Å². The molecule has 0 radical (unpaired) electrons. The second-order valence-corrected chi connectivity index (χ2v) is 4.81. The first-order chi connectivity index (χ1) is 10.0. The summed E-state index contributed by atoms with van der Waals surface area (Å²) in [5, 5.41) is 9.82. The highest BCUT2D eigenvalue weighted by atomic mass is 19.1.